The van der Waals surface area contributed by atoms with Gasteiger partial charge in [-0.1, -0.05) is 27.7 Å². The zero-order valence-electron chi connectivity index (χ0n) is 18.6. The molecule has 0 spiro atoms. The van der Waals surface area contributed by atoms with E-state index in [0.717, 1.165) is 19.6 Å². The van der Waals surface area contributed by atoms with Gasteiger partial charge in [-0.3, -0.25) is 4.79 Å². The van der Waals surface area contributed by atoms with E-state index >= 15 is 0 Å². The van der Waals surface area contributed by atoms with E-state index in [1.54, 1.807) is 0 Å². The highest BCUT2D eigenvalue weighted by Crippen LogP contribution is 2.22. The Morgan fingerprint density at radius 2 is 1.52 bits per heavy atom. The summed E-state index contributed by atoms with van der Waals surface area (Å²) < 4.78 is 33.7. The molecule has 0 aromatic heterocycles. The monoisotopic (exact) mass is 432 g/mol. The summed E-state index contributed by atoms with van der Waals surface area (Å²) >= 11 is 0. The van der Waals surface area contributed by atoms with Crippen LogP contribution in [0.4, 0.5) is 0 Å². The number of carbonyl (C=O) groups excluding carboxylic acids is 1. The van der Waals surface area contributed by atoms with Crippen LogP contribution in [0, 0.1) is 17.8 Å². The third-order valence-electron chi connectivity index (χ3n) is 5.42. The molecule has 2 saturated heterocycles. The largest absolute Gasteiger partial charge is 0.379 e. The molecule has 2 heterocycles. The summed E-state index contributed by atoms with van der Waals surface area (Å²) in [6.07, 6.45) is 1.16. The van der Waals surface area contributed by atoms with E-state index in [1.165, 1.54) is 8.61 Å². The number of nitrogens with zero attached hydrogens (tertiary/aromatic N) is 3. The topological polar surface area (TPSA) is 82.2 Å². The minimum Gasteiger partial charge on any atom is -0.379 e. The smallest absolute Gasteiger partial charge is 0.282 e. The Balaban J connectivity index is 1.75. The summed E-state index contributed by atoms with van der Waals surface area (Å²) in [5, 5.41) is 3.07. The fraction of sp³-hybridized carbons (Fsp3) is 0.950. The van der Waals surface area contributed by atoms with Crippen LogP contribution < -0.4 is 5.32 Å². The van der Waals surface area contributed by atoms with Gasteiger partial charge in [-0.25, -0.2) is 0 Å². The molecular weight excluding hydrogens is 392 g/mol. The van der Waals surface area contributed by atoms with Gasteiger partial charge in [-0.05, 0) is 24.7 Å². The third-order valence-corrected chi connectivity index (χ3v) is 7.46. The van der Waals surface area contributed by atoms with Crippen LogP contribution in [0.3, 0.4) is 0 Å². The van der Waals surface area contributed by atoms with Gasteiger partial charge >= 0.3 is 0 Å². The first-order chi connectivity index (χ1) is 13.7. The van der Waals surface area contributed by atoms with Crippen molar-refractivity contribution < 1.29 is 17.9 Å². The SMILES string of the molecule is CC(C)CN(CCNC(=O)C1CCN(S(=O)(=O)N2CCOCC2)CC1)CC(C)C. The number of ether oxygens (including phenoxy) is 1. The number of morpholine rings is 1. The first kappa shape index (κ1) is 24.5. The van der Waals surface area contributed by atoms with E-state index in [4.69, 9.17) is 4.74 Å². The Hall–Kier alpha value is -0.740. The van der Waals surface area contributed by atoms with Gasteiger partial charge in [0.15, 0.2) is 0 Å². The Morgan fingerprint density at radius 3 is 2.03 bits per heavy atom. The van der Waals surface area contributed by atoms with Crippen LogP contribution in [0.1, 0.15) is 40.5 Å². The van der Waals surface area contributed by atoms with Gasteiger partial charge in [0.25, 0.3) is 10.2 Å². The van der Waals surface area contributed by atoms with E-state index in [-0.39, 0.29) is 11.8 Å². The fourth-order valence-corrected chi connectivity index (χ4v) is 5.67. The molecule has 2 fully saturated rings. The van der Waals surface area contributed by atoms with Gasteiger partial charge in [-0.2, -0.15) is 17.0 Å². The molecule has 1 N–H and O–H groups in total. The number of rotatable bonds is 10. The van der Waals surface area contributed by atoms with Crippen molar-refractivity contribution in [3.05, 3.63) is 0 Å². The second-order valence-corrected chi connectivity index (χ2v) is 11.0. The average Bonchev–Trinajstić information content (AvgIpc) is 2.67. The average molecular weight is 433 g/mol. The molecule has 8 nitrogen and oxygen atoms in total. The molecule has 0 unspecified atom stereocenters. The zero-order valence-corrected chi connectivity index (χ0v) is 19.4. The Bertz CT molecular complexity index is 588. The van der Waals surface area contributed by atoms with Gasteiger partial charge in [0.1, 0.15) is 0 Å². The highest BCUT2D eigenvalue weighted by molar-refractivity contribution is 7.86. The lowest BCUT2D eigenvalue weighted by atomic mass is 9.97. The van der Waals surface area contributed by atoms with Crippen LogP contribution in [0.5, 0.6) is 0 Å². The maximum Gasteiger partial charge on any atom is 0.282 e. The molecule has 0 radical (unpaired) electrons. The van der Waals surface area contributed by atoms with E-state index in [9.17, 15) is 13.2 Å². The van der Waals surface area contributed by atoms with Crippen LogP contribution in [0.25, 0.3) is 0 Å². The first-order valence-corrected chi connectivity index (χ1v) is 12.4. The van der Waals surface area contributed by atoms with Crippen molar-refractivity contribution in [2.75, 3.05) is 65.6 Å². The molecule has 0 aliphatic carbocycles. The van der Waals surface area contributed by atoms with Crippen molar-refractivity contribution in [2.45, 2.75) is 40.5 Å². The van der Waals surface area contributed by atoms with E-state index in [1.807, 2.05) is 0 Å². The minimum absolute atomic E-state index is 0.0578. The minimum atomic E-state index is -3.44. The van der Waals surface area contributed by atoms with E-state index < -0.39 is 10.2 Å². The molecule has 2 rings (SSSR count). The normalized spacial score (nSPS) is 20.7. The summed E-state index contributed by atoms with van der Waals surface area (Å²) in [5.41, 5.74) is 0. The quantitative estimate of drug-likeness (QED) is 0.557. The predicted molar refractivity (Wildman–Crippen MR) is 115 cm³/mol. The molecule has 29 heavy (non-hydrogen) atoms. The van der Waals surface area contributed by atoms with Crippen LogP contribution in [-0.4, -0.2) is 93.4 Å². The number of nitrogens with one attached hydrogen (secondary N) is 1. The zero-order chi connectivity index (χ0) is 21.4. The van der Waals surface area contributed by atoms with Crippen molar-refractivity contribution in [1.29, 1.82) is 0 Å². The van der Waals surface area contributed by atoms with Gasteiger partial charge in [0.2, 0.25) is 5.91 Å². The highest BCUT2D eigenvalue weighted by atomic mass is 32.2. The maximum absolute atomic E-state index is 12.7. The number of amides is 1. The van der Waals surface area contributed by atoms with Crippen LogP contribution in [0.2, 0.25) is 0 Å². The molecular formula is C20H40N4O4S. The fourth-order valence-electron chi connectivity index (χ4n) is 4.06. The number of carbonyl (C=O) groups is 1. The Labute approximate surface area is 177 Å². The Morgan fingerprint density at radius 1 is 1.00 bits per heavy atom. The lowest BCUT2D eigenvalue weighted by molar-refractivity contribution is -0.126. The molecule has 0 bridgehead atoms. The predicted octanol–water partition coefficient (Wildman–Crippen LogP) is 1.01. The molecule has 0 aromatic rings. The van der Waals surface area contributed by atoms with Gasteiger partial charge < -0.3 is 15.0 Å². The van der Waals surface area contributed by atoms with E-state index in [0.29, 0.717) is 70.6 Å². The lowest BCUT2D eigenvalue weighted by Gasteiger charge is -2.35. The van der Waals surface area contributed by atoms with Crippen LogP contribution >= 0.6 is 0 Å². The second kappa shape index (κ2) is 11.6. The molecule has 0 saturated carbocycles. The summed E-state index contributed by atoms with van der Waals surface area (Å²) in [6, 6.07) is 0. The molecule has 2 aliphatic rings. The third kappa shape index (κ3) is 7.79. The second-order valence-electron chi connectivity index (χ2n) is 9.03. The molecule has 1 amide bonds. The van der Waals surface area contributed by atoms with Crippen molar-refractivity contribution in [1.82, 2.24) is 18.8 Å². The van der Waals surface area contributed by atoms with Gasteiger partial charge in [-0.15, -0.1) is 0 Å². The van der Waals surface area contributed by atoms with Crippen molar-refractivity contribution in [3.63, 3.8) is 0 Å². The maximum atomic E-state index is 12.7. The first-order valence-electron chi connectivity index (χ1n) is 11.0. The van der Waals surface area contributed by atoms with Gasteiger partial charge in [0.05, 0.1) is 13.2 Å². The van der Waals surface area contributed by atoms with Gasteiger partial charge in [0, 0.05) is 58.3 Å². The number of hydrogen-bond acceptors (Lipinski definition) is 5. The summed E-state index contributed by atoms with van der Waals surface area (Å²) in [5.74, 6) is 1.15. The molecule has 2 aliphatic heterocycles. The standard InChI is InChI=1S/C20H40N4O4S/c1-17(2)15-22(16-18(3)4)10-7-21-20(25)19-5-8-23(9-6-19)29(26,27)24-11-13-28-14-12-24/h17-19H,5-16H2,1-4H3,(H,21,25). The van der Waals surface area contributed by atoms with Crippen molar-refractivity contribution in [3.8, 4) is 0 Å². The summed E-state index contributed by atoms with van der Waals surface area (Å²) in [6.45, 7) is 14.9. The summed E-state index contributed by atoms with van der Waals surface area (Å²) in [7, 11) is -3.44. The van der Waals surface area contributed by atoms with E-state index in [2.05, 4.69) is 37.9 Å². The van der Waals surface area contributed by atoms with Crippen LogP contribution in [-0.2, 0) is 19.7 Å². The molecule has 0 atom stereocenters. The van der Waals surface area contributed by atoms with Crippen molar-refractivity contribution in [2.24, 2.45) is 17.8 Å². The highest BCUT2D eigenvalue weighted by Gasteiger charge is 2.35. The van der Waals surface area contributed by atoms with Crippen molar-refractivity contribution >= 4 is 16.1 Å². The molecule has 170 valence electrons. The number of hydrogen-bond donors (Lipinski definition) is 1. The van der Waals surface area contributed by atoms with Crippen LogP contribution in [0.15, 0.2) is 0 Å². The molecule has 9 heteroatoms. The lowest BCUT2D eigenvalue weighted by Crippen LogP contribution is -2.51. The number of piperidine rings is 1. The Kier molecular flexibility index (Phi) is 9.81. The summed E-state index contributed by atoms with van der Waals surface area (Å²) in [4.78, 5) is 15.0. The molecule has 0 aromatic carbocycles.